The summed E-state index contributed by atoms with van der Waals surface area (Å²) in [7, 11) is 4.90. The molecule has 0 spiro atoms. The van der Waals surface area contributed by atoms with Crippen molar-refractivity contribution < 1.29 is 14.2 Å². The van der Waals surface area contributed by atoms with E-state index in [-0.39, 0.29) is 5.56 Å². The topological polar surface area (TPSA) is 49.7 Å². The first-order chi connectivity index (χ1) is 15.5. The van der Waals surface area contributed by atoms with Gasteiger partial charge in [0.05, 0.1) is 27.4 Å². The molecule has 0 N–H and O–H groups in total. The van der Waals surface area contributed by atoms with Crippen LogP contribution in [0, 0.1) is 6.92 Å². The maximum atomic E-state index is 13.5. The van der Waals surface area contributed by atoms with E-state index < -0.39 is 0 Å². The first-order valence-corrected chi connectivity index (χ1v) is 10.5. The molecule has 5 nitrogen and oxygen atoms in total. The van der Waals surface area contributed by atoms with Crippen molar-refractivity contribution in [2.45, 2.75) is 20.1 Å². The van der Waals surface area contributed by atoms with Crippen molar-refractivity contribution in [1.82, 2.24) is 4.57 Å². The number of fused-ring (bicyclic) bond motifs is 1. The fraction of sp³-hybridized carbons (Fsp3) is 0.222. The lowest BCUT2D eigenvalue weighted by atomic mass is 9.96. The average Bonchev–Trinajstić information content (AvgIpc) is 2.82. The molecule has 5 heteroatoms. The number of pyridine rings is 1. The van der Waals surface area contributed by atoms with Crippen LogP contribution in [0.4, 0.5) is 0 Å². The SMILES string of the molecule is COCc1ccc2c(-c3ccccc3C)cn(Cc3ccc(OC)cc3OC)c(=O)c2c1. The molecule has 0 aliphatic heterocycles. The van der Waals surface area contributed by atoms with Gasteiger partial charge in [0.2, 0.25) is 0 Å². The van der Waals surface area contributed by atoms with Gasteiger partial charge in [-0.1, -0.05) is 36.4 Å². The first kappa shape index (κ1) is 21.7. The molecule has 0 radical (unpaired) electrons. The zero-order chi connectivity index (χ0) is 22.7. The van der Waals surface area contributed by atoms with Gasteiger partial charge in [0.15, 0.2) is 0 Å². The lowest BCUT2D eigenvalue weighted by Crippen LogP contribution is -2.21. The Kier molecular flexibility index (Phi) is 6.28. The average molecular weight is 430 g/mol. The highest BCUT2D eigenvalue weighted by Gasteiger charge is 2.15. The lowest BCUT2D eigenvalue weighted by molar-refractivity contribution is 0.185. The maximum absolute atomic E-state index is 13.5. The van der Waals surface area contributed by atoms with Gasteiger partial charge in [-0.25, -0.2) is 0 Å². The first-order valence-electron chi connectivity index (χ1n) is 10.5. The van der Waals surface area contributed by atoms with E-state index in [1.807, 2.05) is 54.7 Å². The van der Waals surface area contributed by atoms with Crippen LogP contribution in [-0.2, 0) is 17.9 Å². The third-order valence-corrected chi connectivity index (χ3v) is 5.73. The molecule has 0 fully saturated rings. The van der Waals surface area contributed by atoms with E-state index in [4.69, 9.17) is 14.2 Å². The van der Waals surface area contributed by atoms with E-state index in [9.17, 15) is 4.79 Å². The van der Waals surface area contributed by atoms with Gasteiger partial charge in [-0.2, -0.15) is 0 Å². The second-order valence-electron chi connectivity index (χ2n) is 7.78. The monoisotopic (exact) mass is 429 g/mol. The predicted octanol–water partition coefficient (Wildman–Crippen LogP) is 5.19. The number of nitrogens with zero attached hydrogens (tertiary/aromatic N) is 1. The predicted molar refractivity (Wildman–Crippen MR) is 128 cm³/mol. The Balaban J connectivity index is 1.94. The number of ether oxygens (including phenoxy) is 3. The molecule has 0 aliphatic rings. The molecule has 0 atom stereocenters. The van der Waals surface area contributed by atoms with E-state index in [0.29, 0.717) is 30.0 Å². The molecule has 1 heterocycles. The number of hydrogen-bond donors (Lipinski definition) is 0. The van der Waals surface area contributed by atoms with Crippen LogP contribution in [0.25, 0.3) is 21.9 Å². The van der Waals surface area contributed by atoms with Gasteiger partial charge in [0.25, 0.3) is 5.56 Å². The van der Waals surface area contributed by atoms with Gasteiger partial charge in [0, 0.05) is 35.9 Å². The summed E-state index contributed by atoms with van der Waals surface area (Å²) < 4.78 is 17.9. The summed E-state index contributed by atoms with van der Waals surface area (Å²) in [6.45, 7) is 2.92. The van der Waals surface area contributed by atoms with Gasteiger partial charge in [-0.15, -0.1) is 0 Å². The molecule has 0 saturated heterocycles. The van der Waals surface area contributed by atoms with E-state index in [2.05, 4.69) is 19.1 Å². The molecule has 0 aliphatic carbocycles. The Bertz CT molecular complexity index is 1320. The smallest absolute Gasteiger partial charge is 0.258 e. The van der Waals surface area contributed by atoms with Crippen molar-refractivity contribution in [3.05, 3.63) is 93.9 Å². The number of benzene rings is 3. The summed E-state index contributed by atoms with van der Waals surface area (Å²) in [6.07, 6.45) is 1.95. The molecule has 32 heavy (non-hydrogen) atoms. The standard InChI is InChI=1S/C27H27NO4/c1-18-7-5-6-8-22(18)25-16-28(15-20-10-11-21(31-3)14-26(20)32-4)27(29)24-13-19(17-30-2)9-12-23(24)25/h5-14,16H,15,17H2,1-4H3. The summed E-state index contributed by atoms with van der Waals surface area (Å²) in [5, 5.41) is 1.61. The summed E-state index contributed by atoms with van der Waals surface area (Å²) in [5.41, 5.74) is 5.10. The van der Waals surface area contributed by atoms with Crippen LogP contribution in [0.2, 0.25) is 0 Å². The summed E-state index contributed by atoms with van der Waals surface area (Å²) in [4.78, 5) is 13.5. The van der Waals surface area contributed by atoms with Crippen molar-refractivity contribution in [3.8, 4) is 22.6 Å². The Labute approximate surface area is 187 Å². The quantitative estimate of drug-likeness (QED) is 0.406. The van der Waals surface area contributed by atoms with E-state index in [1.54, 1.807) is 25.9 Å². The summed E-state index contributed by atoms with van der Waals surface area (Å²) in [5.74, 6) is 1.39. The normalized spacial score (nSPS) is 11.0. The maximum Gasteiger partial charge on any atom is 0.258 e. The molecular formula is C27H27NO4. The molecule has 4 rings (SSSR count). The van der Waals surface area contributed by atoms with Crippen LogP contribution in [0.1, 0.15) is 16.7 Å². The van der Waals surface area contributed by atoms with E-state index in [0.717, 1.165) is 33.2 Å². The van der Waals surface area contributed by atoms with Gasteiger partial charge < -0.3 is 18.8 Å². The molecular weight excluding hydrogens is 402 g/mol. The zero-order valence-electron chi connectivity index (χ0n) is 18.8. The minimum Gasteiger partial charge on any atom is -0.497 e. The third-order valence-electron chi connectivity index (χ3n) is 5.73. The second kappa shape index (κ2) is 9.28. The minimum atomic E-state index is -0.0480. The molecule has 0 amide bonds. The van der Waals surface area contributed by atoms with Gasteiger partial charge >= 0.3 is 0 Å². The summed E-state index contributed by atoms with van der Waals surface area (Å²) in [6, 6.07) is 19.8. The van der Waals surface area contributed by atoms with Gasteiger partial charge in [-0.05, 0) is 47.2 Å². The highest BCUT2D eigenvalue weighted by atomic mass is 16.5. The molecule has 0 saturated carbocycles. The van der Waals surface area contributed by atoms with Crippen molar-refractivity contribution in [3.63, 3.8) is 0 Å². The molecule has 0 bridgehead atoms. The molecule has 3 aromatic carbocycles. The van der Waals surface area contributed by atoms with Crippen LogP contribution in [0.5, 0.6) is 11.5 Å². The minimum absolute atomic E-state index is 0.0480. The second-order valence-corrected chi connectivity index (χ2v) is 7.78. The molecule has 164 valence electrons. The van der Waals surface area contributed by atoms with Crippen molar-refractivity contribution >= 4 is 10.8 Å². The largest absolute Gasteiger partial charge is 0.497 e. The zero-order valence-corrected chi connectivity index (χ0v) is 18.8. The van der Waals surface area contributed by atoms with Crippen molar-refractivity contribution in [2.75, 3.05) is 21.3 Å². The van der Waals surface area contributed by atoms with Crippen LogP contribution in [0.3, 0.4) is 0 Å². The molecule has 0 unspecified atom stereocenters. The number of hydrogen-bond acceptors (Lipinski definition) is 4. The summed E-state index contributed by atoms with van der Waals surface area (Å²) >= 11 is 0. The van der Waals surface area contributed by atoms with Gasteiger partial charge in [-0.3, -0.25) is 4.79 Å². The van der Waals surface area contributed by atoms with Crippen LogP contribution in [0.15, 0.2) is 71.7 Å². The lowest BCUT2D eigenvalue weighted by Gasteiger charge is -2.16. The number of aryl methyl sites for hydroxylation is 1. The Morgan fingerprint density at radius 2 is 1.66 bits per heavy atom. The van der Waals surface area contributed by atoms with Crippen molar-refractivity contribution in [2.24, 2.45) is 0 Å². The Morgan fingerprint density at radius 1 is 0.844 bits per heavy atom. The van der Waals surface area contributed by atoms with Crippen LogP contribution < -0.4 is 15.0 Å². The Hall–Kier alpha value is -3.57. The molecule has 4 aromatic rings. The van der Waals surface area contributed by atoms with Crippen LogP contribution >= 0.6 is 0 Å². The van der Waals surface area contributed by atoms with Crippen LogP contribution in [-0.4, -0.2) is 25.9 Å². The molecule has 1 aromatic heterocycles. The van der Waals surface area contributed by atoms with Gasteiger partial charge in [0.1, 0.15) is 11.5 Å². The number of aromatic nitrogens is 1. The Morgan fingerprint density at radius 3 is 2.38 bits per heavy atom. The number of rotatable bonds is 7. The number of methoxy groups -OCH3 is 3. The highest BCUT2D eigenvalue weighted by molar-refractivity contribution is 5.96. The van der Waals surface area contributed by atoms with Crippen molar-refractivity contribution in [1.29, 1.82) is 0 Å². The van der Waals surface area contributed by atoms with E-state index >= 15 is 0 Å². The highest BCUT2D eigenvalue weighted by Crippen LogP contribution is 2.31. The van der Waals surface area contributed by atoms with E-state index in [1.165, 1.54) is 0 Å². The third kappa shape index (κ3) is 4.12. The fourth-order valence-electron chi connectivity index (χ4n) is 4.07. The fourth-order valence-corrected chi connectivity index (χ4v) is 4.07.